The first-order chi connectivity index (χ1) is 16.7. The molecule has 1 aliphatic rings. The van der Waals surface area contributed by atoms with E-state index in [0.29, 0.717) is 23.2 Å². The molecule has 5 nitrogen and oxygen atoms in total. The molecular weight excluding hydrogens is 422 g/mol. The Hall–Kier alpha value is -4.64. The highest BCUT2D eigenvalue weighted by Crippen LogP contribution is 2.30. The minimum Gasteiger partial charge on any atom is -0.302 e. The predicted molar refractivity (Wildman–Crippen MR) is 134 cm³/mol. The molecule has 1 heterocycles. The van der Waals surface area contributed by atoms with E-state index in [4.69, 9.17) is 0 Å². The topological polar surface area (TPSA) is 62.1 Å². The van der Waals surface area contributed by atoms with Crippen molar-refractivity contribution in [3.8, 4) is 0 Å². The molecule has 0 saturated carbocycles. The molecule has 0 N–H and O–H groups in total. The van der Waals surface area contributed by atoms with Crippen molar-refractivity contribution >= 4 is 28.8 Å². The smallest absolute Gasteiger partial charge is 0.279 e. The Labute approximate surface area is 197 Å². The minimum atomic E-state index is -0.254. The van der Waals surface area contributed by atoms with Crippen LogP contribution in [0.3, 0.4) is 0 Å². The van der Waals surface area contributed by atoms with Crippen molar-refractivity contribution in [1.82, 2.24) is 0 Å². The Kier molecular flexibility index (Phi) is 5.91. The van der Waals surface area contributed by atoms with Crippen LogP contribution in [0.1, 0.15) is 27.0 Å². The van der Waals surface area contributed by atoms with Crippen LogP contribution >= 0.6 is 0 Å². The van der Waals surface area contributed by atoms with Crippen LogP contribution in [0.15, 0.2) is 125 Å². The van der Waals surface area contributed by atoms with Crippen molar-refractivity contribution in [2.45, 2.75) is 6.54 Å². The zero-order valence-corrected chi connectivity index (χ0v) is 18.3. The van der Waals surface area contributed by atoms with Gasteiger partial charge in [-0.1, -0.05) is 109 Å². The molecular formula is C29H21N3O2. The SMILES string of the molecule is O=C(C(=NN=C1C(=O)N(Cc2ccccc2)c2ccccc21)c1ccccc1)c1ccccc1. The molecule has 4 aromatic carbocycles. The summed E-state index contributed by atoms with van der Waals surface area (Å²) < 4.78 is 0. The van der Waals surface area contributed by atoms with Gasteiger partial charge in [0.2, 0.25) is 5.78 Å². The van der Waals surface area contributed by atoms with Gasteiger partial charge < -0.3 is 4.90 Å². The first-order valence-corrected chi connectivity index (χ1v) is 11.0. The van der Waals surface area contributed by atoms with Crippen LogP contribution < -0.4 is 4.90 Å². The van der Waals surface area contributed by atoms with Crippen LogP contribution in [-0.4, -0.2) is 23.1 Å². The molecule has 164 valence electrons. The minimum absolute atomic E-state index is 0.186. The van der Waals surface area contributed by atoms with E-state index < -0.39 is 0 Å². The number of ketones is 1. The van der Waals surface area contributed by atoms with Gasteiger partial charge in [-0.3, -0.25) is 9.59 Å². The third kappa shape index (κ3) is 4.19. The average molecular weight is 444 g/mol. The molecule has 0 spiro atoms. The number of amides is 1. The molecule has 0 unspecified atom stereocenters. The highest BCUT2D eigenvalue weighted by atomic mass is 16.2. The number of hydrogen-bond acceptors (Lipinski definition) is 4. The molecule has 0 aromatic heterocycles. The lowest BCUT2D eigenvalue weighted by Crippen LogP contribution is -2.29. The molecule has 5 rings (SSSR count). The second-order valence-electron chi connectivity index (χ2n) is 7.85. The maximum atomic E-state index is 13.4. The summed E-state index contributed by atoms with van der Waals surface area (Å²) in [4.78, 5) is 28.4. The molecule has 0 fully saturated rings. The summed E-state index contributed by atoms with van der Waals surface area (Å²) in [5.41, 5.74) is 4.05. The lowest BCUT2D eigenvalue weighted by atomic mass is 10.0. The van der Waals surface area contributed by atoms with Crippen LogP contribution in [0.5, 0.6) is 0 Å². The highest BCUT2D eigenvalue weighted by molar-refractivity contribution is 6.55. The van der Waals surface area contributed by atoms with Gasteiger partial charge in [-0.25, -0.2) is 0 Å². The maximum absolute atomic E-state index is 13.4. The van der Waals surface area contributed by atoms with Gasteiger partial charge in [-0.2, -0.15) is 0 Å². The van der Waals surface area contributed by atoms with Gasteiger partial charge in [-0.05, 0) is 11.6 Å². The van der Waals surface area contributed by atoms with E-state index >= 15 is 0 Å². The van der Waals surface area contributed by atoms with Crippen molar-refractivity contribution in [2.75, 3.05) is 4.90 Å². The number of rotatable bonds is 6. The van der Waals surface area contributed by atoms with Gasteiger partial charge in [0.1, 0.15) is 5.71 Å². The largest absolute Gasteiger partial charge is 0.302 e. The Bertz CT molecular complexity index is 1400. The summed E-state index contributed by atoms with van der Waals surface area (Å²) in [6.45, 7) is 0.425. The summed E-state index contributed by atoms with van der Waals surface area (Å²) >= 11 is 0. The number of benzene rings is 4. The van der Waals surface area contributed by atoms with Crippen molar-refractivity contribution in [2.24, 2.45) is 10.2 Å². The summed E-state index contributed by atoms with van der Waals surface area (Å²) in [6.07, 6.45) is 0. The van der Waals surface area contributed by atoms with Gasteiger partial charge in [0.05, 0.1) is 12.2 Å². The van der Waals surface area contributed by atoms with Gasteiger partial charge in [0, 0.05) is 16.7 Å². The van der Waals surface area contributed by atoms with Crippen LogP contribution in [0.2, 0.25) is 0 Å². The lowest BCUT2D eigenvalue weighted by Gasteiger charge is -2.16. The number of hydrogen-bond donors (Lipinski definition) is 0. The number of fused-ring (bicyclic) bond motifs is 1. The van der Waals surface area contributed by atoms with Crippen molar-refractivity contribution in [3.63, 3.8) is 0 Å². The Morgan fingerprint density at radius 1 is 0.676 bits per heavy atom. The molecule has 5 heteroatoms. The van der Waals surface area contributed by atoms with E-state index in [0.717, 1.165) is 11.3 Å². The molecule has 0 radical (unpaired) electrons. The van der Waals surface area contributed by atoms with Crippen LogP contribution in [0.25, 0.3) is 0 Å². The maximum Gasteiger partial charge on any atom is 0.279 e. The van der Waals surface area contributed by atoms with Crippen molar-refractivity contribution in [1.29, 1.82) is 0 Å². The quantitative estimate of drug-likeness (QED) is 0.230. The number of carbonyl (C=O) groups excluding carboxylic acids is 2. The van der Waals surface area contributed by atoms with Crippen molar-refractivity contribution in [3.05, 3.63) is 138 Å². The lowest BCUT2D eigenvalue weighted by molar-refractivity contribution is -0.112. The number of anilines is 1. The third-order valence-electron chi connectivity index (χ3n) is 5.63. The van der Waals surface area contributed by atoms with Crippen LogP contribution in [0.4, 0.5) is 5.69 Å². The predicted octanol–water partition coefficient (Wildman–Crippen LogP) is 5.31. The number of nitrogens with zero attached hydrogens (tertiary/aromatic N) is 3. The highest BCUT2D eigenvalue weighted by Gasteiger charge is 2.34. The molecule has 0 aliphatic carbocycles. The second kappa shape index (κ2) is 9.46. The van der Waals surface area contributed by atoms with E-state index in [2.05, 4.69) is 10.2 Å². The standard InChI is InChI=1S/C29H21N3O2/c33-28(23-16-8-3-9-17-23)26(22-14-6-2-7-15-22)30-31-27-24-18-10-11-19-25(24)32(29(27)34)20-21-12-4-1-5-13-21/h1-19H,20H2. The number of Topliss-reactive ketones (excluding diaryl/α,β-unsaturated/α-hetero) is 1. The summed E-state index contributed by atoms with van der Waals surface area (Å²) in [5, 5.41) is 8.70. The molecule has 1 aliphatic heterocycles. The van der Waals surface area contributed by atoms with Gasteiger partial charge in [-0.15, -0.1) is 10.2 Å². The summed E-state index contributed by atoms with van der Waals surface area (Å²) in [7, 11) is 0. The summed E-state index contributed by atoms with van der Waals surface area (Å²) in [6, 6.07) is 35.4. The zero-order valence-electron chi connectivity index (χ0n) is 18.3. The first-order valence-electron chi connectivity index (χ1n) is 11.0. The summed E-state index contributed by atoms with van der Waals surface area (Å²) in [5.74, 6) is -0.496. The van der Waals surface area contributed by atoms with E-state index in [1.54, 1.807) is 29.2 Å². The van der Waals surface area contributed by atoms with Crippen molar-refractivity contribution < 1.29 is 9.59 Å². The molecule has 34 heavy (non-hydrogen) atoms. The molecule has 0 saturated heterocycles. The fraction of sp³-hybridized carbons (Fsp3) is 0.0345. The molecule has 0 bridgehead atoms. The third-order valence-corrected chi connectivity index (χ3v) is 5.63. The van der Waals surface area contributed by atoms with E-state index in [1.807, 2.05) is 91.0 Å². The van der Waals surface area contributed by atoms with Crippen LogP contribution in [-0.2, 0) is 11.3 Å². The van der Waals surface area contributed by atoms with Gasteiger partial charge in [0.25, 0.3) is 5.91 Å². The van der Waals surface area contributed by atoms with Gasteiger partial charge >= 0.3 is 0 Å². The normalized spacial score (nSPS) is 14.4. The Morgan fingerprint density at radius 3 is 1.91 bits per heavy atom. The fourth-order valence-corrected chi connectivity index (χ4v) is 3.94. The average Bonchev–Trinajstić information content (AvgIpc) is 3.16. The fourth-order valence-electron chi connectivity index (χ4n) is 3.94. The van der Waals surface area contributed by atoms with Gasteiger partial charge in [0.15, 0.2) is 5.71 Å². The zero-order chi connectivity index (χ0) is 23.3. The number of para-hydroxylation sites is 1. The molecule has 1 amide bonds. The Morgan fingerprint density at radius 2 is 1.24 bits per heavy atom. The number of carbonyl (C=O) groups is 2. The van der Waals surface area contributed by atoms with E-state index in [-0.39, 0.29) is 23.1 Å². The monoisotopic (exact) mass is 443 g/mol. The molecule has 4 aromatic rings. The molecule has 0 atom stereocenters. The second-order valence-corrected chi connectivity index (χ2v) is 7.85. The van der Waals surface area contributed by atoms with Crippen LogP contribution in [0, 0.1) is 0 Å². The Balaban J connectivity index is 1.57. The first kappa shape index (κ1) is 21.2. The van der Waals surface area contributed by atoms with E-state index in [9.17, 15) is 9.59 Å². The van der Waals surface area contributed by atoms with E-state index in [1.165, 1.54) is 0 Å².